The Hall–Kier alpha value is -2.71. The minimum absolute atomic E-state index is 0.183. The first-order valence-electron chi connectivity index (χ1n) is 5.49. The van der Waals surface area contributed by atoms with E-state index in [1.807, 2.05) is 0 Å². The molecule has 2 rings (SSSR count). The summed E-state index contributed by atoms with van der Waals surface area (Å²) in [5.74, 6) is -1.18. The molecule has 19 heavy (non-hydrogen) atoms. The second kappa shape index (κ2) is 5.76. The highest BCUT2D eigenvalue weighted by Gasteiger charge is 2.07. The zero-order valence-electron chi connectivity index (χ0n) is 9.91. The van der Waals surface area contributed by atoms with E-state index in [4.69, 9.17) is 5.11 Å². The van der Waals surface area contributed by atoms with Crippen LogP contribution in [-0.4, -0.2) is 42.2 Å². The van der Waals surface area contributed by atoms with Crippen molar-refractivity contribution in [3.8, 4) is 0 Å². The summed E-state index contributed by atoms with van der Waals surface area (Å²) in [4.78, 5) is 22.0. The normalized spacial score (nSPS) is 10.3. The Labute approximate surface area is 107 Å². The first-order valence-corrected chi connectivity index (χ1v) is 5.49. The molecule has 0 atom stereocenters. The predicted molar refractivity (Wildman–Crippen MR) is 61.8 cm³/mol. The molecule has 0 fully saturated rings. The summed E-state index contributed by atoms with van der Waals surface area (Å²) in [5.41, 5.74) is 1.21. The van der Waals surface area contributed by atoms with Crippen LogP contribution in [-0.2, 0) is 29.1 Å². The van der Waals surface area contributed by atoms with Gasteiger partial charge in [-0.1, -0.05) is 5.21 Å². The Kier molecular flexibility index (Phi) is 3.86. The molecule has 0 unspecified atom stereocenters. The van der Waals surface area contributed by atoms with Gasteiger partial charge >= 0.3 is 5.97 Å². The summed E-state index contributed by atoms with van der Waals surface area (Å²) >= 11 is 0. The fraction of sp³-hybridized carbons (Fsp3) is 0.300. The number of carboxylic acid groups (broad SMARTS) is 1. The lowest BCUT2D eigenvalue weighted by Crippen LogP contribution is -2.24. The highest BCUT2D eigenvalue weighted by Crippen LogP contribution is 1.95. The molecule has 2 aromatic rings. The van der Waals surface area contributed by atoms with Crippen LogP contribution in [0.15, 0.2) is 18.5 Å². The molecule has 0 saturated heterocycles. The number of hydrogen-bond acceptors (Lipinski definition) is 5. The summed E-state index contributed by atoms with van der Waals surface area (Å²) in [6.07, 6.45) is 3.24. The van der Waals surface area contributed by atoms with E-state index in [1.54, 1.807) is 12.3 Å². The predicted octanol–water partition coefficient (Wildman–Crippen LogP) is -1.06. The van der Waals surface area contributed by atoms with Crippen molar-refractivity contribution in [2.24, 2.45) is 0 Å². The number of aliphatic carboxylic acids is 1. The number of aromatic nitrogens is 5. The van der Waals surface area contributed by atoms with Crippen LogP contribution in [0.25, 0.3) is 0 Å². The SMILES string of the molecule is O=C(O)Cn1cc(CNC(=O)Cc2ccn[nH]2)nn1. The molecule has 3 N–H and O–H groups in total. The van der Waals surface area contributed by atoms with Crippen molar-refractivity contribution in [3.63, 3.8) is 0 Å². The van der Waals surface area contributed by atoms with Gasteiger partial charge in [-0.2, -0.15) is 5.10 Å². The van der Waals surface area contributed by atoms with Gasteiger partial charge in [0, 0.05) is 11.9 Å². The molecule has 2 aromatic heterocycles. The molecule has 0 aliphatic carbocycles. The molecular weight excluding hydrogens is 252 g/mol. The molecule has 0 bridgehead atoms. The molecule has 2 heterocycles. The molecule has 0 aromatic carbocycles. The molecule has 0 radical (unpaired) electrons. The summed E-state index contributed by atoms with van der Waals surface area (Å²) in [5, 5.41) is 25.0. The molecule has 100 valence electrons. The Morgan fingerprint density at radius 2 is 2.32 bits per heavy atom. The average molecular weight is 264 g/mol. The molecular formula is C10H12N6O3. The van der Waals surface area contributed by atoms with Gasteiger partial charge in [0.05, 0.1) is 19.2 Å². The first-order chi connectivity index (χ1) is 9.13. The maximum atomic E-state index is 11.6. The molecule has 0 spiro atoms. The number of nitrogens with zero attached hydrogens (tertiary/aromatic N) is 4. The van der Waals surface area contributed by atoms with Crippen molar-refractivity contribution < 1.29 is 14.7 Å². The van der Waals surface area contributed by atoms with Crippen LogP contribution in [0.4, 0.5) is 0 Å². The molecule has 9 heteroatoms. The number of amides is 1. The lowest BCUT2D eigenvalue weighted by atomic mass is 10.3. The Morgan fingerprint density at radius 3 is 3.00 bits per heavy atom. The average Bonchev–Trinajstić information content (AvgIpc) is 2.97. The van der Waals surface area contributed by atoms with E-state index in [0.717, 1.165) is 0 Å². The third-order valence-electron chi connectivity index (χ3n) is 2.26. The van der Waals surface area contributed by atoms with Crippen molar-refractivity contribution in [2.45, 2.75) is 19.5 Å². The van der Waals surface area contributed by atoms with Gasteiger partial charge in [0.2, 0.25) is 5.91 Å². The van der Waals surface area contributed by atoms with Crippen LogP contribution in [0.1, 0.15) is 11.4 Å². The van der Waals surface area contributed by atoms with E-state index < -0.39 is 5.97 Å². The minimum atomic E-state index is -1.00. The van der Waals surface area contributed by atoms with Crippen molar-refractivity contribution in [1.82, 2.24) is 30.5 Å². The van der Waals surface area contributed by atoms with Crippen molar-refractivity contribution in [1.29, 1.82) is 0 Å². The highest BCUT2D eigenvalue weighted by molar-refractivity contribution is 5.77. The van der Waals surface area contributed by atoms with Gasteiger partial charge in [-0.15, -0.1) is 5.10 Å². The molecule has 0 aliphatic rings. The topological polar surface area (TPSA) is 126 Å². The number of carbonyl (C=O) groups excluding carboxylic acids is 1. The van der Waals surface area contributed by atoms with E-state index in [9.17, 15) is 9.59 Å². The van der Waals surface area contributed by atoms with Crippen LogP contribution < -0.4 is 5.32 Å². The van der Waals surface area contributed by atoms with Crippen LogP contribution >= 0.6 is 0 Å². The van der Waals surface area contributed by atoms with Gasteiger partial charge in [-0.25, -0.2) is 4.68 Å². The number of carboxylic acids is 1. The van der Waals surface area contributed by atoms with Gasteiger partial charge in [0.15, 0.2) is 0 Å². The smallest absolute Gasteiger partial charge is 0.325 e. The zero-order chi connectivity index (χ0) is 13.7. The largest absolute Gasteiger partial charge is 0.480 e. The van der Waals surface area contributed by atoms with Gasteiger partial charge in [0.1, 0.15) is 12.2 Å². The van der Waals surface area contributed by atoms with Crippen molar-refractivity contribution in [2.75, 3.05) is 0 Å². The number of hydrogen-bond donors (Lipinski definition) is 3. The fourth-order valence-corrected chi connectivity index (χ4v) is 1.44. The third-order valence-corrected chi connectivity index (χ3v) is 2.26. The van der Waals surface area contributed by atoms with Crippen LogP contribution in [0, 0.1) is 0 Å². The minimum Gasteiger partial charge on any atom is -0.480 e. The first kappa shape index (κ1) is 12.7. The van der Waals surface area contributed by atoms with Gasteiger partial charge in [0.25, 0.3) is 0 Å². The van der Waals surface area contributed by atoms with E-state index >= 15 is 0 Å². The van der Waals surface area contributed by atoms with E-state index in [1.165, 1.54) is 10.9 Å². The van der Waals surface area contributed by atoms with Crippen molar-refractivity contribution >= 4 is 11.9 Å². The zero-order valence-corrected chi connectivity index (χ0v) is 9.91. The highest BCUT2D eigenvalue weighted by atomic mass is 16.4. The van der Waals surface area contributed by atoms with Crippen LogP contribution in [0.5, 0.6) is 0 Å². The summed E-state index contributed by atoms with van der Waals surface area (Å²) in [7, 11) is 0. The lowest BCUT2D eigenvalue weighted by Gasteiger charge is -2.00. The summed E-state index contributed by atoms with van der Waals surface area (Å²) in [6.45, 7) is -0.0539. The quantitative estimate of drug-likeness (QED) is 0.611. The molecule has 1 amide bonds. The van der Waals surface area contributed by atoms with Gasteiger partial charge in [-0.05, 0) is 6.07 Å². The molecule has 9 nitrogen and oxygen atoms in total. The van der Waals surface area contributed by atoms with Gasteiger partial charge in [-0.3, -0.25) is 14.7 Å². The van der Waals surface area contributed by atoms with E-state index in [0.29, 0.717) is 11.4 Å². The fourth-order valence-electron chi connectivity index (χ4n) is 1.44. The molecule has 0 saturated carbocycles. The van der Waals surface area contributed by atoms with Gasteiger partial charge < -0.3 is 10.4 Å². The van der Waals surface area contributed by atoms with Crippen molar-refractivity contribution in [3.05, 3.63) is 29.8 Å². The Bertz CT molecular complexity index is 562. The number of aromatic amines is 1. The van der Waals surface area contributed by atoms with Crippen LogP contribution in [0.2, 0.25) is 0 Å². The van der Waals surface area contributed by atoms with E-state index in [-0.39, 0.29) is 25.4 Å². The molecule has 0 aliphatic heterocycles. The number of carbonyl (C=O) groups is 2. The second-order valence-corrected chi connectivity index (χ2v) is 3.84. The van der Waals surface area contributed by atoms with Crippen LogP contribution in [0.3, 0.4) is 0 Å². The maximum Gasteiger partial charge on any atom is 0.325 e. The second-order valence-electron chi connectivity index (χ2n) is 3.84. The Morgan fingerprint density at radius 1 is 1.47 bits per heavy atom. The Balaban J connectivity index is 1.80. The third kappa shape index (κ3) is 3.91. The summed E-state index contributed by atoms with van der Waals surface area (Å²) in [6, 6.07) is 1.71. The number of rotatable bonds is 6. The summed E-state index contributed by atoms with van der Waals surface area (Å²) < 4.78 is 1.19. The monoisotopic (exact) mass is 264 g/mol. The number of nitrogens with one attached hydrogen (secondary N) is 2. The lowest BCUT2D eigenvalue weighted by molar-refractivity contribution is -0.138. The number of H-pyrrole nitrogens is 1. The standard InChI is InChI=1S/C10H12N6O3/c17-9(3-7-1-2-12-13-7)11-4-8-5-16(15-14-8)6-10(18)19/h1-2,5H,3-4,6H2,(H,11,17)(H,12,13)(H,18,19). The maximum absolute atomic E-state index is 11.6. The van der Waals surface area contributed by atoms with E-state index in [2.05, 4.69) is 25.8 Å².